The number of hydrogen-bond acceptors (Lipinski definition) is 3. The van der Waals surface area contributed by atoms with Crippen LogP contribution in [0.1, 0.15) is 24.5 Å². The van der Waals surface area contributed by atoms with E-state index in [-0.39, 0.29) is 24.3 Å². The Balaban J connectivity index is 2.74. The standard InChI is InChI=1S/C12H12F3NO2/c1-2-18-11(17)7-10(16)8-3-5-9(6-4-8)12(13,14)15/h3-6,16H,2,7H2,1H3. The third-order valence-electron chi connectivity index (χ3n) is 2.19. The zero-order valence-electron chi connectivity index (χ0n) is 9.67. The molecule has 1 rings (SSSR count). The molecule has 0 amide bonds. The van der Waals surface area contributed by atoms with Crippen molar-refractivity contribution in [1.82, 2.24) is 0 Å². The van der Waals surface area contributed by atoms with Crippen molar-refractivity contribution in [1.29, 1.82) is 5.41 Å². The summed E-state index contributed by atoms with van der Waals surface area (Å²) in [7, 11) is 0. The average Bonchev–Trinajstić information content (AvgIpc) is 2.28. The number of benzene rings is 1. The summed E-state index contributed by atoms with van der Waals surface area (Å²) in [6, 6.07) is 4.11. The first-order valence-electron chi connectivity index (χ1n) is 5.25. The smallest absolute Gasteiger partial charge is 0.416 e. The van der Waals surface area contributed by atoms with Crippen LogP contribution in [0.15, 0.2) is 24.3 Å². The molecule has 0 unspecified atom stereocenters. The van der Waals surface area contributed by atoms with Crippen LogP contribution >= 0.6 is 0 Å². The van der Waals surface area contributed by atoms with Gasteiger partial charge in [0.15, 0.2) is 0 Å². The lowest BCUT2D eigenvalue weighted by molar-refractivity contribution is -0.141. The number of halogens is 3. The minimum Gasteiger partial charge on any atom is -0.466 e. The van der Waals surface area contributed by atoms with Gasteiger partial charge in [-0.05, 0) is 24.6 Å². The molecule has 0 bridgehead atoms. The van der Waals surface area contributed by atoms with Crippen LogP contribution in [0.4, 0.5) is 13.2 Å². The molecule has 3 nitrogen and oxygen atoms in total. The van der Waals surface area contributed by atoms with Gasteiger partial charge < -0.3 is 10.1 Å². The van der Waals surface area contributed by atoms with Gasteiger partial charge in [-0.25, -0.2) is 0 Å². The summed E-state index contributed by atoms with van der Waals surface area (Å²) in [5.74, 6) is -0.567. The fraction of sp³-hybridized carbons (Fsp3) is 0.333. The van der Waals surface area contributed by atoms with Gasteiger partial charge in [-0.1, -0.05) is 12.1 Å². The Morgan fingerprint density at radius 2 is 1.83 bits per heavy atom. The molecule has 0 aromatic heterocycles. The van der Waals surface area contributed by atoms with Crippen LogP contribution in [0.25, 0.3) is 0 Å². The lowest BCUT2D eigenvalue weighted by Gasteiger charge is -2.08. The molecule has 0 heterocycles. The van der Waals surface area contributed by atoms with Crippen molar-refractivity contribution in [2.24, 2.45) is 0 Å². The van der Waals surface area contributed by atoms with Crippen LogP contribution < -0.4 is 0 Å². The molecule has 0 aliphatic carbocycles. The normalized spacial score (nSPS) is 11.1. The number of esters is 1. The van der Waals surface area contributed by atoms with Crippen LogP contribution in [0.2, 0.25) is 0 Å². The number of carbonyl (C=O) groups excluding carboxylic acids is 1. The SMILES string of the molecule is CCOC(=O)CC(=N)c1ccc(C(F)(F)F)cc1. The second-order valence-electron chi connectivity index (χ2n) is 3.54. The monoisotopic (exact) mass is 259 g/mol. The molecule has 0 saturated heterocycles. The van der Waals surface area contributed by atoms with E-state index in [2.05, 4.69) is 4.74 Å². The Labute approximate surface area is 102 Å². The Bertz CT molecular complexity index is 438. The molecule has 0 fully saturated rings. The van der Waals surface area contributed by atoms with Gasteiger partial charge in [0.2, 0.25) is 0 Å². The average molecular weight is 259 g/mol. The van der Waals surface area contributed by atoms with Crippen molar-refractivity contribution in [2.75, 3.05) is 6.61 Å². The van der Waals surface area contributed by atoms with E-state index in [0.29, 0.717) is 0 Å². The Morgan fingerprint density at radius 1 is 1.28 bits per heavy atom. The fourth-order valence-corrected chi connectivity index (χ4v) is 1.32. The van der Waals surface area contributed by atoms with Crippen LogP contribution in [0, 0.1) is 5.41 Å². The molecule has 6 heteroatoms. The molecule has 0 aliphatic heterocycles. The van der Waals surface area contributed by atoms with Gasteiger partial charge >= 0.3 is 12.1 Å². The third-order valence-corrected chi connectivity index (χ3v) is 2.19. The quantitative estimate of drug-likeness (QED) is 0.667. The topological polar surface area (TPSA) is 50.2 Å². The molecule has 0 spiro atoms. The Kier molecular flexibility index (Phi) is 4.47. The number of ether oxygens (including phenoxy) is 1. The van der Waals surface area contributed by atoms with Crippen LogP contribution in [0.5, 0.6) is 0 Å². The number of alkyl halides is 3. The molecule has 98 valence electrons. The molecule has 18 heavy (non-hydrogen) atoms. The number of nitrogens with one attached hydrogen (secondary N) is 1. The summed E-state index contributed by atoms with van der Waals surface area (Å²) in [6.07, 6.45) is -4.65. The zero-order chi connectivity index (χ0) is 13.8. The van der Waals surface area contributed by atoms with E-state index in [1.54, 1.807) is 6.92 Å². The molecule has 0 radical (unpaired) electrons. The first kappa shape index (κ1) is 14.2. The first-order chi connectivity index (χ1) is 8.34. The molecular formula is C12H12F3NO2. The van der Waals surface area contributed by atoms with E-state index in [9.17, 15) is 18.0 Å². The highest BCUT2D eigenvalue weighted by Gasteiger charge is 2.30. The predicted octanol–water partition coefficient (Wildman–Crippen LogP) is 3.03. The molecule has 0 saturated carbocycles. The Hall–Kier alpha value is -1.85. The second-order valence-corrected chi connectivity index (χ2v) is 3.54. The third kappa shape index (κ3) is 3.87. The van der Waals surface area contributed by atoms with Gasteiger partial charge in [0.25, 0.3) is 0 Å². The van der Waals surface area contributed by atoms with Crippen LogP contribution in [-0.2, 0) is 15.7 Å². The van der Waals surface area contributed by atoms with E-state index in [1.807, 2.05) is 0 Å². The van der Waals surface area contributed by atoms with E-state index < -0.39 is 17.7 Å². The van der Waals surface area contributed by atoms with Gasteiger partial charge in [-0.2, -0.15) is 13.2 Å². The van der Waals surface area contributed by atoms with Crippen LogP contribution in [0.3, 0.4) is 0 Å². The van der Waals surface area contributed by atoms with Crippen molar-refractivity contribution in [2.45, 2.75) is 19.5 Å². The van der Waals surface area contributed by atoms with Gasteiger partial charge in [0.05, 0.1) is 18.6 Å². The lowest BCUT2D eigenvalue weighted by Crippen LogP contribution is -2.12. The maximum Gasteiger partial charge on any atom is 0.416 e. The Morgan fingerprint density at radius 3 is 2.28 bits per heavy atom. The van der Waals surface area contributed by atoms with Crippen molar-refractivity contribution < 1.29 is 22.7 Å². The molecule has 0 atom stereocenters. The largest absolute Gasteiger partial charge is 0.466 e. The van der Waals surface area contributed by atoms with E-state index in [0.717, 1.165) is 12.1 Å². The van der Waals surface area contributed by atoms with Crippen molar-refractivity contribution in [3.05, 3.63) is 35.4 Å². The van der Waals surface area contributed by atoms with Gasteiger partial charge in [-0.15, -0.1) is 0 Å². The summed E-state index contributed by atoms with van der Waals surface area (Å²) in [6.45, 7) is 1.85. The van der Waals surface area contributed by atoms with Gasteiger partial charge in [0, 0.05) is 5.71 Å². The van der Waals surface area contributed by atoms with Crippen molar-refractivity contribution >= 4 is 11.7 Å². The number of rotatable bonds is 4. The fourth-order valence-electron chi connectivity index (χ4n) is 1.32. The van der Waals surface area contributed by atoms with Crippen LogP contribution in [-0.4, -0.2) is 18.3 Å². The second kappa shape index (κ2) is 5.66. The summed E-state index contributed by atoms with van der Waals surface area (Å²) in [5.41, 5.74) is -0.576. The van der Waals surface area contributed by atoms with Gasteiger partial charge in [-0.3, -0.25) is 4.79 Å². The lowest BCUT2D eigenvalue weighted by atomic mass is 10.1. The van der Waals surface area contributed by atoms with Crippen molar-refractivity contribution in [3.8, 4) is 0 Å². The minimum absolute atomic E-state index is 0.0674. The minimum atomic E-state index is -4.40. The molecule has 1 aromatic rings. The maximum atomic E-state index is 12.3. The summed E-state index contributed by atoms with van der Waals surface area (Å²) in [4.78, 5) is 11.1. The summed E-state index contributed by atoms with van der Waals surface area (Å²) >= 11 is 0. The molecule has 1 aromatic carbocycles. The maximum absolute atomic E-state index is 12.3. The van der Waals surface area contributed by atoms with E-state index in [1.165, 1.54) is 12.1 Å². The molecule has 1 N–H and O–H groups in total. The highest BCUT2D eigenvalue weighted by molar-refractivity contribution is 6.07. The molecule has 0 aliphatic rings. The van der Waals surface area contributed by atoms with E-state index >= 15 is 0 Å². The number of carbonyl (C=O) groups is 1. The first-order valence-corrected chi connectivity index (χ1v) is 5.25. The molecular weight excluding hydrogens is 247 g/mol. The summed E-state index contributed by atoms with van der Waals surface area (Å²) in [5, 5.41) is 7.58. The highest BCUT2D eigenvalue weighted by Crippen LogP contribution is 2.29. The zero-order valence-corrected chi connectivity index (χ0v) is 9.67. The van der Waals surface area contributed by atoms with E-state index in [4.69, 9.17) is 5.41 Å². The van der Waals surface area contributed by atoms with Gasteiger partial charge in [0.1, 0.15) is 0 Å². The number of hydrogen-bond donors (Lipinski definition) is 1. The predicted molar refractivity (Wildman–Crippen MR) is 59.5 cm³/mol. The summed E-state index contributed by atoms with van der Waals surface area (Å²) < 4.78 is 41.6. The highest BCUT2D eigenvalue weighted by atomic mass is 19.4. The van der Waals surface area contributed by atoms with Crippen molar-refractivity contribution in [3.63, 3.8) is 0 Å².